The minimum atomic E-state index is -4.86. The fraction of sp³-hybridized carbons (Fsp3) is 0.500. The molecule has 1 fully saturated rings. The number of rotatable bonds is 2. The summed E-state index contributed by atoms with van der Waals surface area (Å²) < 4.78 is 37.4. The van der Waals surface area contributed by atoms with Crippen LogP contribution in [0.1, 0.15) is 17.5 Å². The lowest BCUT2D eigenvalue weighted by atomic mass is 10.1. The van der Waals surface area contributed by atoms with Gasteiger partial charge in [0.05, 0.1) is 6.42 Å². The van der Waals surface area contributed by atoms with Crippen LogP contribution in [0.2, 0.25) is 0 Å². The Hall–Kier alpha value is -2.05. The van der Waals surface area contributed by atoms with Crippen LogP contribution in [0, 0.1) is 6.92 Å². The monoisotopic (exact) mass is 328 g/mol. The maximum absolute atomic E-state index is 12.5. The molecule has 1 heterocycles. The summed E-state index contributed by atoms with van der Waals surface area (Å²) in [4.78, 5) is 25.9. The molecular formula is C16H19F3N2O2. The van der Waals surface area contributed by atoms with Crippen LogP contribution in [-0.2, 0) is 16.0 Å². The lowest BCUT2D eigenvalue weighted by Crippen LogP contribution is -2.43. The second-order valence-electron chi connectivity index (χ2n) is 5.69. The highest BCUT2D eigenvalue weighted by molar-refractivity contribution is 5.82. The van der Waals surface area contributed by atoms with E-state index in [1.165, 1.54) is 4.90 Å². The zero-order valence-electron chi connectivity index (χ0n) is 12.9. The molecule has 0 saturated carbocycles. The maximum Gasteiger partial charge on any atom is 0.471 e. The molecule has 0 bridgehead atoms. The average Bonchev–Trinajstić information content (AvgIpc) is 2.71. The number of nitrogens with zero attached hydrogens (tertiary/aromatic N) is 2. The Balaban J connectivity index is 1.95. The van der Waals surface area contributed by atoms with Crippen molar-refractivity contribution < 1.29 is 22.8 Å². The third kappa shape index (κ3) is 4.71. The molecule has 1 saturated heterocycles. The molecule has 1 aromatic carbocycles. The summed E-state index contributed by atoms with van der Waals surface area (Å²) in [6, 6.07) is 7.56. The molecule has 23 heavy (non-hydrogen) atoms. The first-order valence-electron chi connectivity index (χ1n) is 7.47. The normalized spacial score (nSPS) is 16.2. The van der Waals surface area contributed by atoms with E-state index < -0.39 is 12.1 Å². The second-order valence-corrected chi connectivity index (χ2v) is 5.69. The van der Waals surface area contributed by atoms with Crippen LogP contribution >= 0.6 is 0 Å². The van der Waals surface area contributed by atoms with Crippen LogP contribution in [0.3, 0.4) is 0 Å². The summed E-state index contributed by atoms with van der Waals surface area (Å²) in [6.07, 6.45) is -4.29. The number of alkyl halides is 3. The highest BCUT2D eigenvalue weighted by Crippen LogP contribution is 2.19. The lowest BCUT2D eigenvalue weighted by molar-refractivity contribution is -0.185. The third-order valence-corrected chi connectivity index (χ3v) is 3.82. The quantitative estimate of drug-likeness (QED) is 0.835. The van der Waals surface area contributed by atoms with E-state index in [-0.39, 0.29) is 32.0 Å². The van der Waals surface area contributed by atoms with Crippen molar-refractivity contribution in [2.75, 3.05) is 26.2 Å². The third-order valence-electron chi connectivity index (χ3n) is 3.82. The first kappa shape index (κ1) is 17.3. The van der Waals surface area contributed by atoms with Gasteiger partial charge in [-0.2, -0.15) is 13.2 Å². The van der Waals surface area contributed by atoms with Crippen molar-refractivity contribution in [3.8, 4) is 0 Å². The largest absolute Gasteiger partial charge is 0.471 e. The van der Waals surface area contributed by atoms with E-state index >= 15 is 0 Å². The summed E-state index contributed by atoms with van der Waals surface area (Å²) in [6.45, 7) is 2.36. The molecule has 0 radical (unpaired) electrons. The highest BCUT2D eigenvalue weighted by Gasteiger charge is 2.42. The molecule has 1 aliphatic rings. The van der Waals surface area contributed by atoms with Gasteiger partial charge in [0, 0.05) is 26.2 Å². The van der Waals surface area contributed by atoms with Gasteiger partial charge in [0.25, 0.3) is 0 Å². The van der Waals surface area contributed by atoms with Crippen molar-refractivity contribution in [1.82, 2.24) is 9.80 Å². The van der Waals surface area contributed by atoms with Gasteiger partial charge >= 0.3 is 12.1 Å². The summed E-state index contributed by atoms with van der Waals surface area (Å²) in [5, 5.41) is 0. The molecule has 0 aliphatic carbocycles. The number of benzene rings is 1. The lowest BCUT2D eigenvalue weighted by Gasteiger charge is -2.23. The average molecular weight is 328 g/mol. The smallest absolute Gasteiger partial charge is 0.341 e. The van der Waals surface area contributed by atoms with Gasteiger partial charge in [-0.15, -0.1) is 0 Å². The maximum atomic E-state index is 12.5. The Labute approximate surface area is 132 Å². The Morgan fingerprint density at radius 2 is 1.74 bits per heavy atom. The summed E-state index contributed by atoms with van der Waals surface area (Å²) >= 11 is 0. The second kappa shape index (κ2) is 7.02. The van der Waals surface area contributed by atoms with E-state index in [4.69, 9.17) is 0 Å². The molecule has 1 aromatic rings. The molecule has 0 atom stereocenters. The molecule has 0 aromatic heterocycles. The number of aryl methyl sites for hydroxylation is 1. The molecule has 4 nitrogen and oxygen atoms in total. The summed E-state index contributed by atoms with van der Waals surface area (Å²) in [7, 11) is 0. The van der Waals surface area contributed by atoms with Gasteiger partial charge in [-0.1, -0.05) is 29.8 Å². The SMILES string of the molecule is Cc1cccc(CC(=O)N2CCCN(C(=O)C(F)(F)F)CC2)c1. The van der Waals surface area contributed by atoms with Gasteiger partial charge in [0.1, 0.15) is 0 Å². The van der Waals surface area contributed by atoms with Gasteiger partial charge in [0.2, 0.25) is 5.91 Å². The van der Waals surface area contributed by atoms with Crippen LogP contribution in [0.25, 0.3) is 0 Å². The molecule has 2 amide bonds. The summed E-state index contributed by atoms with van der Waals surface area (Å²) in [5.74, 6) is -1.96. The van der Waals surface area contributed by atoms with Crippen LogP contribution in [0.4, 0.5) is 13.2 Å². The molecule has 126 valence electrons. The van der Waals surface area contributed by atoms with Crippen molar-refractivity contribution in [2.45, 2.75) is 25.9 Å². The van der Waals surface area contributed by atoms with Crippen LogP contribution < -0.4 is 0 Å². The predicted molar refractivity (Wildman–Crippen MR) is 78.7 cm³/mol. The molecule has 2 rings (SSSR count). The van der Waals surface area contributed by atoms with Crippen molar-refractivity contribution in [3.63, 3.8) is 0 Å². The number of carbonyl (C=O) groups excluding carboxylic acids is 2. The number of carbonyl (C=O) groups is 2. The van der Waals surface area contributed by atoms with Gasteiger partial charge in [-0.05, 0) is 18.9 Å². The van der Waals surface area contributed by atoms with Gasteiger partial charge in [-0.25, -0.2) is 0 Å². The van der Waals surface area contributed by atoms with Crippen LogP contribution in [0.15, 0.2) is 24.3 Å². The van der Waals surface area contributed by atoms with E-state index in [1.54, 1.807) is 0 Å². The molecule has 0 unspecified atom stereocenters. The Morgan fingerprint density at radius 3 is 2.39 bits per heavy atom. The zero-order valence-corrected chi connectivity index (χ0v) is 12.9. The van der Waals surface area contributed by atoms with Crippen molar-refractivity contribution >= 4 is 11.8 Å². The Bertz CT molecular complexity index is 587. The zero-order chi connectivity index (χ0) is 17.0. The molecule has 1 aliphatic heterocycles. The van der Waals surface area contributed by atoms with Crippen molar-refractivity contribution in [2.24, 2.45) is 0 Å². The minimum absolute atomic E-state index is 0.0204. The van der Waals surface area contributed by atoms with Gasteiger partial charge < -0.3 is 9.80 Å². The fourth-order valence-corrected chi connectivity index (χ4v) is 2.66. The van der Waals surface area contributed by atoms with E-state index in [9.17, 15) is 22.8 Å². The molecule has 0 N–H and O–H groups in total. The Morgan fingerprint density at radius 1 is 1.09 bits per heavy atom. The summed E-state index contributed by atoms with van der Waals surface area (Å²) in [5.41, 5.74) is 1.93. The highest BCUT2D eigenvalue weighted by atomic mass is 19.4. The first-order valence-corrected chi connectivity index (χ1v) is 7.47. The van der Waals surface area contributed by atoms with Crippen LogP contribution in [0.5, 0.6) is 0 Å². The molecule has 0 spiro atoms. The number of amides is 2. The van der Waals surface area contributed by atoms with E-state index in [0.29, 0.717) is 13.0 Å². The molecule has 7 heteroatoms. The van der Waals surface area contributed by atoms with Crippen molar-refractivity contribution in [1.29, 1.82) is 0 Å². The minimum Gasteiger partial charge on any atom is -0.341 e. The number of hydrogen-bond donors (Lipinski definition) is 0. The van der Waals surface area contributed by atoms with Crippen molar-refractivity contribution in [3.05, 3.63) is 35.4 Å². The van der Waals surface area contributed by atoms with E-state index in [2.05, 4.69) is 0 Å². The van der Waals surface area contributed by atoms with Gasteiger partial charge in [0.15, 0.2) is 0 Å². The molecular weight excluding hydrogens is 309 g/mol. The van der Waals surface area contributed by atoms with Gasteiger partial charge in [-0.3, -0.25) is 9.59 Å². The van der Waals surface area contributed by atoms with E-state index in [0.717, 1.165) is 16.0 Å². The first-order chi connectivity index (χ1) is 10.8. The number of hydrogen-bond acceptors (Lipinski definition) is 2. The standard InChI is InChI=1S/C16H19F3N2O2/c1-12-4-2-5-13(10-12)11-14(22)20-6-3-7-21(9-8-20)15(23)16(17,18)19/h2,4-5,10H,3,6-9,11H2,1H3. The Kier molecular flexibility index (Phi) is 5.28. The predicted octanol–water partition coefficient (Wildman–Crippen LogP) is 2.16. The topological polar surface area (TPSA) is 40.6 Å². The van der Waals surface area contributed by atoms with Crippen LogP contribution in [-0.4, -0.2) is 54.0 Å². The fourth-order valence-electron chi connectivity index (χ4n) is 2.66. The van der Waals surface area contributed by atoms with E-state index in [1.807, 2.05) is 31.2 Å². The number of halogens is 3.